The molecule has 1 aromatic rings. The molecule has 8 heteroatoms. The summed E-state index contributed by atoms with van der Waals surface area (Å²) in [6.07, 6.45) is 2.50. The molecule has 0 aromatic heterocycles. The average molecular weight is 509 g/mol. The Hall–Kier alpha value is -1.22. The van der Waals surface area contributed by atoms with E-state index < -0.39 is 0 Å². The van der Waals surface area contributed by atoms with Crippen LogP contribution >= 0.6 is 35.6 Å². The van der Waals surface area contributed by atoms with Crippen LogP contribution in [-0.2, 0) is 4.79 Å². The third-order valence-corrected chi connectivity index (χ3v) is 4.40. The van der Waals surface area contributed by atoms with E-state index in [9.17, 15) is 4.79 Å². The fourth-order valence-corrected chi connectivity index (χ4v) is 2.95. The van der Waals surface area contributed by atoms with Crippen molar-refractivity contribution in [2.24, 2.45) is 4.99 Å². The van der Waals surface area contributed by atoms with E-state index >= 15 is 0 Å². The van der Waals surface area contributed by atoms with Crippen molar-refractivity contribution >= 4 is 47.4 Å². The quantitative estimate of drug-likeness (QED) is 0.233. The maximum Gasteiger partial charge on any atom is 0.222 e. The fraction of sp³-hybridized carbons (Fsp3) is 0.579. The molecule has 152 valence electrons. The summed E-state index contributed by atoms with van der Waals surface area (Å²) in [7, 11) is 0. The van der Waals surface area contributed by atoms with Crippen LogP contribution in [0.5, 0.6) is 5.75 Å². The van der Waals surface area contributed by atoms with Crippen molar-refractivity contribution in [3.63, 3.8) is 0 Å². The highest BCUT2D eigenvalue weighted by Gasteiger charge is 2.18. The Morgan fingerprint density at radius 1 is 1.37 bits per heavy atom. The molecule has 1 aliphatic heterocycles. The number of nitrogens with zero attached hydrogens (tertiary/aromatic N) is 2. The molecule has 1 fully saturated rings. The molecule has 1 amide bonds. The molecule has 1 aliphatic rings. The van der Waals surface area contributed by atoms with Crippen molar-refractivity contribution in [3.8, 4) is 5.75 Å². The van der Waals surface area contributed by atoms with E-state index in [2.05, 4.69) is 15.6 Å². The molecule has 0 bridgehead atoms. The Balaban J connectivity index is 0.00000364. The largest absolute Gasteiger partial charge is 0.487 e. The van der Waals surface area contributed by atoms with Crippen molar-refractivity contribution in [1.29, 1.82) is 0 Å². The number of hydrogen-bond donors (Lipinski definition) is 2. The van der Waals surface area contributed by atoms with Gasteiger partial charge in [0.05, 0.1) is 11.6 Å². The second-order valence-electron chi connectivity index (χ2n) is 6.34. The SMILES string of the molecule is CCNC(=NCC(C)Oc1ccccc1Cl)NCCCN1CCCC1=O.I. The zero-order valence-electron chi connectivity index (χ0n) is 16.0. The van der Waals surface area contributed by atoms with Crippen LogP contribution in [0, 0.1) is 0 Å². The molecular weight excluding hydrogens is 479 g/mol. The molecule has 2 N–H and O–H groups in total. The van der Waals surface area contributed by atoms with Gasteiger partial charge >= 0.3 is 0 Å². The third kappa shape index (κ3) is 8.55. The zero-order chi connectivity index (χ0) is 18.8. The third-order valence-electron chi connectivity index (χ3n) is 4.08. The summed E-state index contributed by atoms with van der Waals surface area (Å²) in [6.45, 7) is 7.77. The number of amides is 1. The van der Waals surface area contributed by atoms with E-state index in [1.165, 1.54) is 0 Å². The predicted molar refractivity (Wildman–Crippen MR) is 121 cm³/mol. The highest BCUT2D eigenvalue weighted by atomic mass is 127. The van der Waals surface area contributed by atoms with Gasteiger partial charge in [0, 0.05) is 32.6 Å². The van der Waals surface area contributed by atoms with Crippen LogP contribution in [0.4, 0.5) is 0 Å². The summed E-state index contributed by atoms with van der Waals surface area (Å²) >= 11 is 6.12. The van der Waals surface area contributed by atoms with Crippen molar-refractivity contribution in [3.05, 3.63) is 29.3 Å². The lowest BCUT2D eigenvalue weighted by Crippen LogP contribution is -2.39. The first-order valence-corrected chi connectivity index (χ1v) is 9.69. The van der Waals surface area contributed by atoms with Gasteiger partial charge in [0.1, 0.15) is 11.9 Å². The highest BCUT2D eigenvalue weighted by molar-refractivity contribution is 14.0. The van der Waals surface area contributed by atoms with Gasteiger partial charge in [-0.1, -0.05) is 23.7 Å². The van der Waals surface area contributed by atoms with Gasteiger partial charge in [-0.25, -0.2) is 4.99 Å². The van der Waals surface area contributed by atoms with Crippen LogP contribution < -0.4 is 15.4 Å². The summed E-state index contributed by atoms with van der Waals surface area (Å²) in [5.41, 5.74) is 0. The predicted octanol–water partition coefficient (Wildman–Crippen LogP) is 3.29. The van der Waals surface area contributed by atoms with Crippen LogP contribution in [0.25, 0.3) is 0 Å². The number of hydrogen-bond acceptors (Lipinski definition) is 3. The molecule has 1 heterocycles. The Kier molecular flexibility index (Phi) is 11.5. The maximum atomic E-state index is 11.6. The van der Waals surface area contributed by atoms with Gasteiger partial charge in [-0.15, -0.1) is 24.0 Å². The average Bonchev–Trinajstić information content (AvgIpc) is 3.03. The Morgan fingerprint density at radius 3 is 2.81 bits per heavy atom. The molecular formula is C19H30ClIN4O2. The van der Waals surface area contributed by atoms with Crippen LogP contribution in [0.1, 0.15) is 33.1 Å². The van der Waals surface area contributed by atoms with Crippen molar-refractivity contribution in [2.45, 2.75) is 39.2 Å². The molecule has 27 heavy (non-hydrogen) atoms. The molecule has 2 rings (SSSR count). The lowest BCUT2D eigenvalue weighted by atomic mass is 10.3. The van der Waals surface area contributed by atoms with Crippen LogP contribution in [0.15, 0.2) is 29.3 Å². The van der Waals surface area contributed by atoms with Gasteiger partial charge in [-0.2, -0.15) is 0 Å². The first kappa shape index (κ1) is 23.8. The van der Waals surface area contributed by atoms with Crippen molar-refractivity contribution in [2.75, 3.05) is 32.7 Å². The summed E-state index contributed by atoms with van der Waals surface area (Å²) < 4.78 is 5.84. The van der Waals surface area contributed by atoms with E-state index in [4.69, 9.17) is 16.3 Å². The first-order valence-electron chi connectivity index (χ1n) is 9.31. The number of benzene rings is 1. The van der Waals surface area contributed by atoms with Crippen molar-refractivity contribution < 1.29 is 9.53 Å². The van der Waals surface area contributed by atoms with Crippen LogP contribution in [-0.4, -0.2) is 55.6 Å². The van der Waals surface area contributed by atoms with E-state index in [-0.39, 0.29) is 36.0 Å². The maximum absolute atomic E-state index is 11.6. The number of guanidine groups is 1. The minimum absolute atomic E-state index is 0. The van der Waals surface area contributed by atoms with Crippen LogP contribution in [0.2, 0.25) is 5.02 Å². The van der Waals surface area contributed by atoms with E-state index in [1.807, 2.05) is 43.0 Å². The molecule has 1 atom stereocenters. The second-order valence-corrected chi connectivity index (χ2v) is 6.75. The Labute approximate surface area is 184 Å². The minimum Gasteiger partial charge on any atom is -0.487 e. The zero-order valence-corrected chi connectivity index (χ0v) is 19.1. The van der Waals surface area contributed by atoms with Gasteiger partial charge < -0.3 is 20.3 Å². The molecule has 6 nitrogen and oxygen atoms in total. The molecule has 1 aromatic carbocycles. The van der Waals surface area contributed by atoms with Gasteiger partial charge in [0.25, 0.3) is 0 Å². The molecule has 0 saturated carbocycles. The van der Waals surface area contributed by atoms with Crippen molar-refractivity contribution in [1.82, 2.24) is 15.5 Å². The Morgan fingerprint density at radius 2 is 2.15 bits per heavy atom. The van der Waals surface area contributed by atoms with E-state index in [1.54, 1.807) is 0 Å². The first-order chi connectivity index (χ1) is 12.6. The monoisotopic (exact) mass is 508 g/mol. The number of halogens is 2. The number of aliphatic imine (C=N–C) groups is 1. The second kappa shape index (κ2) is 13.0. The lowest BCUT2D eigenvalue weighted by molar-refractivity contribution is -0.127. The van der Waals surface area contributed by atoms with E-state index in [0.717, 1.165) is 45.0 Å². The Bertz CT molecular complexity index is 615. The van der Waals surface area contributed by atoms with E-state index in [0.29, 0.717) is 23.7 Å². The molecule has 0 spiro atoms. The lowest BCUT2D eigenvalue weighted by Gasteiger charge is -2.17. The highest BCUT2D eigenvalue weighted by Crippen LogP contribution is 2.24. The van der Waals surface area contributed by atoms with Gasteiger partial charge in [-0.3, -0.25) is 4.79 Å². The number of carbonyl (C=O) groups is 1. The van der Waals surface area contributed by atoms with Gasteiger partial charge in [0.15, 0.2) is 5.96 Å². The normalized spacial score (nSPS) is 15.3. The summed E-state index contributed by atoms with van der Waals surface area (Å²) in [5, 5.41) is 7.14. The number of nitrogens with one attached hydrogen (secondary N) is 2. The molecule has 0 aliphatic carbocycles. The topological polar surface area (TPSA) is 66.0 Å². The standard InChI is InChI=1S/C19H29ClN4O2.HI/c1-3-21-19(22-11-7-13-24-12-6-10-18(24)25)23-14-15(2)26-17-9-5-4-8-16(17)20;/h4-5,8-9,15H,3,6-7,10-14H2,1-2H3,(H2,21,22,23);1H. The van der Waals surface area contributed by atoms with Crippen LogP contribution in [0.3, 0.4) is 0 Å². The minimum atomic E-state index is -0.0902. The molecule has 1 unspecified atom stereocenters. The number of ether oxygens (including phenoxy) is 1. The summed E-state index contributed by atoms with van der Waals surface area (Å²) in [4.78, 5) is 18.1. The number of likely N-dealkylation sites (tertiary alicyclic amines) is 1. The molecule has 1 saturated heterocycles. The summed E-state index contributed by atoms with van der Waals surface area (Å²) in [5.74, 6) is 1.70. The number of para-hydroxylation sites is 1. The molecule has 0 radical (unpaired) electrons. The van der Waals surface area contributed by atoms with Gasteiger partial charge in [0.2, 0.25) is 5.91 Å². The number of rotatable bonds is 9. The number of carbonyl (C=O) groups excluding carboxylic acids is 1. The van der Waals surface area contributed by atoms with Gasteiger partial charge in [-0.05, 0) is 38.8 Å². The smallest absolute Gasteiger partial charge is 0.222 e. The fourth-order valence-electron chi connectivity index (χ4n) is 2.77. The summed E-state index contributed by atoms with van der Waals surface area (Å²) in [6, 6.07) is 7.43.